The summed E-state index contributed by atoms with van der Waals surface area (Å²) in [6.07, 6.45) is -0.0173. The van der Waals surface area contributed by atoms with Crippen molar-refractivity contribution in [3.05, 3.63) is 0 Å². The van der Waals surface area contributed by atoms with Crippen molar-refractivity contribution in [1.29, 1.82) is 0 Å². The van der Waals surface area contributed by atoms with Crippen LogP contribution in [0.4, 0.5) is 0 Å². The molecular weight excluding hydrogens is 168 g/mol. The molecule has 1 unspecified atom stereocenters. The van der Waals surface area contributed by atoms with Crippen LogP contribution in [-0.2, 0) is 14.3 Å². The average Bonchev–Trinajstić information content (AvgIpc) is 1.99. The molecule has 3 heteroatoms. The summed E-state index contributed by atoms with van der Waals surface area (Å²) in [6, 6.07) is 0. The van der Waals surface area contributed by atoms with E-state index in [2.05, 4.69) is 0 Å². The normalized spacial score (nSPS) is 13.9. The molecule has 0 N–H and O–H groups in total. The number of carbonyl (C=O) groups excluding carboxylic acids is 1. The second kappa shape index (κ2) is 5.22. The topological polar surface area (TPSA) is 35.5 Å². The lowest BCUT2D eigenvalue weighted by molar-refractivity contribution is -0.156. The van der Waals surface area contributed by atoms with Gasteiger partial charge in [-0.3, -0.25) is 4.79 Å². The van der Waals surface area contributed by atoms with Crippen molar-refractivity contribution < 1.29 is 14.3 Å². The van der Waals surface area contributed by atoms with Crippen LogP contribution in [-0.4, -0.2) is 25.3 Å². The summed E-state index contributed by atoms with van der Waals surface area (Å²) < 4.78 is 10.3. The first kappa shape index (κ1) is 12.4. The Morgan fingerprint density at radius 2 is 1.92 bits per heavy atom. The number of rotatable bonds is 4. The average molecular weight is 188 g/mol. The Morgan fingerprint density at radius 1 is 1.38 bits per heavy atom. The van der Waals surface area contributed by atoms with Crippen LogP contribution < -0.4 is 0 Å². The lowest BCUT2D eigenvalue weighted by Gasteiger charge is -2.18. The van der Waals surface area contributed by atoms with Crippen LogP contribution in [0.5, 0.6) is 0 Å². The van der Waals surface area contributed by atoms with E-state index >= 15 is 0 Å². The van der Waals surface area contributed by atoms with Crippen LogP contribution >= 0.6 is 0 Å². The van der Waals surface area contributed by atoms with Crippen LogP contribution in [0.15, 0.2) is 0 Å². The van der Waals surface area contributed by atoms with Gasteiger partial charge in [-0.1, -0.05) is 0 Å². The van der Waals surface area contributed by atoms with E-state index in [4.69, 9.17) is 9.47 Å². The predicted octanol–water partition coefficient (Wildman–Crippen LogP) is 2.00. The van der Waals surface area contributed by atoms with E-state index in [0.717, 1.165) is 0 Å². The zero-order valence-corrected chi connectivity index (χ0v) is 9.22. The zero-order chi connectivity index (χ0) is 10.5. The third-order valence-electron chi connectivity index (χ3n) is 1.51. The molecule has 0 saturated carbocycles. The second-order valence-electron chi connectivity index (χ2n) is 4.11. The first-order chi connectivity index (χ1) is 5.88. The minimum atomic E-state index is -0.425. The van der Waals surface area contributed by atoms with Gasteiger partial charge in [0.1, 0.15) is 6.61 Å². The van der Waals surface area contributed by atoms with Crippen molar-refractivity contribution in [2.45, 2.75) is 40.7 Å². The molecule has 0 amide bonds. The summed E-state index contributed by atoms with van der Waals surface area (Å²) in [5.74, 6) is -0.181. The van der Waals surface area contributed by atoms with Crippen LogP contribution in [0.3, 0.4) is 0 Å². The van der Waals surface area contributed by atoms with Crippen molar-refractivity contribution in [2.75, 3.05) is 13.2 Å². The maximum absolute atomic E-state index is 11.3. The summed E-state index contributed by atoms with van der Waals surface area (Å²) in [7, 11) is 0. The maximum Gasteiger partial charge on any atom is 0.311 e. The van der Waals surface area contributed by atoms with Gasteiger partial charge in [0.2, 0.25) is 0 Å². The van der Waals surface area contributed by atoms with Crippen molar-refractivity contribution >= 4 is 5.97 Å². The molecule has 0 aliphatic heterocycles. The summed E-state index contributed by atoms with van der Waals surface area (Å²) in [4.78, 5) is 11.3. The number of esters is 1. The Morgan fingerprint density at radius 3 is 2.31 bits per heavy atom. The Bertz CT molecular complexity index is 158. The van der Waals surface area contributed by atoms with Gasteiger partial charge in [0.05, 0.1) is 11.5 Å². The van der Waals surface area contributed by atoms with E-state index in [9.17, 15) is 4.79 Å². The molecule has 3 nitrogen and oxygen atoms in total. The standard InChI is InChI=1S/C10H20O3/c1-6-12-8(2)7-13-9(11)10(3,4)5/h8H,6-7H2,1-5H3. The van der Waals surface area contributed by atoms with Gasteiger partial charge in [-0.25, -0.2) is 0 Å². The molecular formula is C10H20O3. The van der Waals surface area contributed by atoms with E-state index in [-0.39, 0.29) is 12.1 Å². The number of ether oxygens (including phenoxy) is 2. The van der Waals surface area contributed by atoms with Crippen molar-refractivity contribution in [3.63, 3.8) is 0 Å². The van der Waals surface area contributed by atoms with Gasteiger partial charge >= 0.3 is 5.97 Å². The fraction of sp³-hybridized carbons (Fsp3) is 0.900. The molecule has 13 heavy (non-hydrogen) atoms. The van der Waals surface area contributed by atoms with E-state index in [1.54, 1.807) is 0 Å². The molecule has 0 aliphatic carbocycles. The third kappa shape index (κ3) is 5.64. The highest BCUT2D eigenvalue weighted by molar-refractivity contribution is 5.75. The van der Waals surface area contributed by atoms with Gasteiger partial charge in [-0.15, -0.1) is 0 Å². The molecule has 0 rings (SSSR count). The molecule has 1 atom stereocenters. The summed E-state index contributed by atoms with van der Waals surface area (Å²) in [5, 5.41) is 0. The molecule has 0 saturated heterocycles. The SMILES string of the molecule is CCOC(C)COC(=O)C(C)(C)C. The van der Waals surface area contributed by atoms with Crippen LogP contribution in [0, 0.1) is 5.41 Å². The molecule has 0 radical (unpaired) electrons. The summed E-state index contributed by atoms with van der Waals surface area (Å²) in [6.45, 7) is 10.3. The number of hydrogen-bond donors (Lipinski definition) is 0. The highest BCUT2D eigenvalue weighted by Gasteiger charge is 2.23. The maximum atomic E-state index is 11.3. The summed E-state index contributed by atoms with van der Waals surface area (Å²) >= 11 is 0. The molecule has 0 fully saturated rings. The van der Waals surface area contributed by atoms with Crippen LogP contribution in [0.25, 0.3) is 0 Å². The van der Waals surface area contributed by atoms with Crippen LogP contribution in [0.2, 0.25) is 0 Å². The Labute approximate surface area is 80.4 Å². The highest BCUT2D eigenvalue weighted by atomic mass is 16.6. The smallest absolute Gasteiger partial charge is 0.311 e. The monoisotopic (exact) mass is 188 g/mol. The first-order valence-corrected chi connectivity index (χ1v) is 4.66. The lowest BCUT2D eigenvalue weighted by Crippen LogP contribution is -2.27. The van der Waals surface area contributed by atoms with Gasteiger partial charge in [0.25, 0.3) is 0 Å². The molecule has 0 spiro atoms. The zero-order valence-electron chi connectivity index (χ0n) is 9.22. The highest BCUT2D eigenvalue weighted by Crippen LogP contribution is 2.15. The fourth-order valence-corrected chi connectivity index (χ4v) is 0.742. The summed E-state index contributed by atoms with van der Waals surface area (Å²) in [5.41, 5.74) is -0.425. The molecule has 0 aromatic carbocycles. The minimum Gasteiger partial charge on any atom is -0.463 e. The molecule has 0 aromatic heterocycles. The van der Waals surface area contributed by atoms with Gasteiger partial charge in [-0.05, 0) is 34.6 Å². The van der Waals surface area contributed by atoms with E-state index in [1.165, 1.54) is 0 Å². The number of hydrogen-bond acceptors (Lipinski definition) is 3. The van der Waals surface area contributed by atoms with Gasteiger partial charge in [0.15, 0.2) is 0 Å². The fourth-order valence-electron chi connectivity index (χ4n) is 0.742. The van der Waals surface area contributed by atoms with Gasteiger partial charge in [0, 0.05) is 6.61 Å². The lowest BCUT2D eigenvalue weighted by atomic mass is 9.97. The van der Waals surface area contributed by atoms with Crippen molar-refractivity contribution in [2.24, 2.45) is 5.41 Å². The van der Waals surface area contributed by atoms with Crippen molar-refractivity contribution in [1.82, 2.24) is 0 Å². The van der Waals surface area contributed by atoms with E-state index in [0.29, 0.717) is 13.2 Å². The van der Waals surface area contributed by atoms with Gasteiger partial charge < -0.3 is 9.47 Å². The van der Waals surface area contributed by atoms with Crippen molar-refractivity contribution in [3.8, 4) is 0 Å². The Kier molecular flexibility index (Phi) is 4.99. The molecule has 0 aromatic rings. The number of carbonyl (C=O) groups is 1. The molecule has 0 bridgehead atoms. The van der Waals surface area contributed by atoms with E-state index in [1.807, 2.05) is 34.6 Å². The third-order valence-corrected chi connectivity index (χ3v) is 1.51. The second-order valence-corrected chi connectivity index (χ2v) is 4.11. The molecule has 78 valence electrons. The molecule has 0 aliphatic rings. The quantitative estimate of drug-likeness (QED) is 0.633. The minimum absolute atomic E-state index is 0.0173. The first-order valence-electron chi connectivity index (χ1n) is 4.66. The van der Waals surface area contributed by atoms with Crippen LogP contribution in [0.1, 0.15) is 34.6 Å². The Balaban J connectivity index is 3.71. The Hall–Kier alpha value is -0.570. The largest absolute Gasteiger partial charge is 0.463 e. The molecule has 0 heterocycles. The van der Waals surface area contributed by atoms with E-state index < -0.39 is 5.41 Å². The predicted molar refractivity (Wildman–Crippen MR) is 51.5 cm³/mol. The van der Waals surface area contributed by atoms with Gasteiger partial charge in [-0.2, -0.15) is 0 Å².